The van der Waals surface area contributed by atoms with Crippen LogP contribution in [0.3, 0.4) is 0 Å². The summed E-state index contributed by atoms with van der Waals surface area (Å²) < 4.78 is 53.2. The topological polar surface area (TPSA) is 54.1 Å². The Balaban J connectivity index is 1.75. The number of hydrogen-bond acceptors (Lipinski definition) is 2. The number of H-pyrrole nitrogens is 1. The molecule has 0 unspecified atom stereocenters. The quantitative estimate of drug-likeness (QED) is 0.771. The van der Waals surface area contributed by atoms with E-state index in [4.69, 9.17) is 0 Å². The number of alkyl halides is 4. The number of rotatable bonds is 7. The van der Waals surface area contributed by atoms with Crippen molar-refractivity contribution in [3.05, 3.63) is 36.0 Å². The van der Waals surface area contributed by atoms with E-state index < -0.39 is 31.5 Å². The fourth-order valence-corrected chi connectivity index (χ4v) is 1.80. The Bertz CT molecular complexity index is 643. The third-order valence-electron chi connectivity index (χ3n) is 2.96. The zero-order valence-electron chi connectivity index (χ0n) is 11.4. The lowest BCUT2D eigenvalue weighted by Gasteiger charge is -2.14. The first-order valence-corrected chi connectivity index (χ1v) is 6.45. The van der Waals surface area contributed by atoms with Gasteiger partial charge in [0.15, 0.2) is 0 Å². The predicted octanol–water partition coefficient (Wildman–Crippen LogP) is 2.70. The van der Waals surface area contributed by atoms with Crippen molar-refractivity contribution in [2.24, 2.45) is 0 Å². The maximum absolute atomic E-state index is 12.6. The smallest absolute Gasteiger partial charge is 0.330 e. The van der Waals surface area contributed by atoms with E-state index in [1.54, 1.807) is 6.20 Å². The summed E-state index contributed by atoms with van der Waals surface area (Å²) in [7, 11) is 0. The second-order valence-electron chi connectivity index (χ2n) is 4.73. The van der Waals surface area contributed by atoms with Gasteiger partial charge >= 0.3 is 12.3 Å². The highest BCUT2D eigenvalue weighted by atomic mass is 19.3. The van der Waals surface area contributed by atoms with Gasteiger partial charge < -0.3 is 15.0 Å². The molecule has 120 valence electrons. The van der Waals surface area contributed by atoms with Crippen LogP contribution in [0.2, 0.25) is 0 Å². The number of amides is 1. The first-order valence-electron chi connectivity index (χ1n) is 6.45. The van der Waals surface area contributed by atoms with Crippen LogP contribution in [0.1, 0.15) is 5.56 Å². The molecule has 1 amide bonds. The Kier molecular flexibility index (Phi) is 5.02. The molecule has 2 N–H and O–H groups in total. The van der Waals surface area contributed by atoms with E-state index in [0.717, 1.165) is 16.5 Å². The molecule has 0 saturated carbocycles. The lowest BCUT2D eigenvalue weighted by Crippen LogP contribution is -2.35. The number of carbonyl (C=O) groups is 1. The van der Waals surface area contributed by atoms with Gasteiger partial charge in [-0.3, -0.25) is 4.79 Å². The van der Waals surface area contributed by atoms with Gasteiger partial charge in [-0.2, -0.15) is 8.78 Å². The molecular formula is C14H14F4N2O2. The number of nitrogens with one attached hydrogen (secondary N) is 2. The highest BCUT2D eigenvalue weighted by molar-refractivity contribution is 5.80. The highest BCUT2D eigenvalue weighted by Gasteiger charge is 2.41. The van der Waals surface area contributed by atoms with Crippen LogP contribution >= 0.6 is 0 Å². The van der Waals surface area contributed by atoms with E-state index in [-0.39, 0.29) is 6.54 Å². The monoisotopic (exact) mass is 318 g/mol. The fraction of sp³-hybridized carbons (Fsp3) is 0.357. The first kappa shape index (κ1) is 16.3. The SMILES string of the molecule is O=C(COCC(F)(F)C(F)F)NCc1ccc2cc[nH]c2c1. The van der Waals surface area contributed by atoms with Crippen molar-refractivity contribution in [3.63, 3.8) is 0 Å². The molecule has 1 aromatic carbocycles. The number of hydrogen-bond donors (Lipinski definition) is 2. The summed E-state index contributed by atoms with van der Waals surface area (Å²) in [6, 6.07) is 7.41. The van der Waals surface area contributed by atoms with Crippen LogP contribution in [-0.2, 0) is 16.1 Å². The molecule has 1 heterocycles. The van der Waals surface area contributed by atoms with E-state index >= 15 is 0 Å². The minimum Gasteiger partial charge on any atom is -0.365 e. The van der Waals surface area contributed by atoms with Gasteiger partial charge in [-0.05, 0) is 23.1 Å². The zero-order chi connectivity index (χ0) is 16.2. The van der Waals surface area contributed by atoms with E-state index in [2.05, 4.69) is 15.0 Å². The summed E-state index contributed by atoms with van der Waals surface area (Å²) in [5, 5.41) is 3.48. The number of aromatic nitrogens is 1. The molecule has 22 heavy (non-hydrogen) atoms. The molecule has 8 heteroatoms. The second kappa shape index (κ2) is 6.78. The van der Waals surface area contributed by atoms with E-state index in [0.29, 0.717) is 0 Å². The van der Waals surface area contributed by atoms with Crippen molar-refractivity contribution in [2.45, 2.75) is 18.9 Å². The Labute approximate surface area is 123 Å². The van der Waals surface area contributed by atoms with Crippen LogP contribution in [0.4, 0.5) is 17.6 Å². The fourth-order valence-electron chi connectivity index (χ4n) is 1.80. The zero-order valence-corrected chi connectivity index (χ0v) is 11.4. The minimum absolute atomic E-state index is 0.183. The van der Waals surface area contributed by atoms with Gasteiger partial charge in [0.2, 0.25) is 5.91 Å². The molecular weight excluding hydrogens is 304 g/mol. The summed E-state index contributed by atoms with van der Waals surface area (Å²) in [6.45, 7) is -2.01. The van der Waals surface area contributed by atoms with Gasteiger partial charge in [-0.1, -0.05) is 12.1 Å². The molecule has 0 atom stereocenters. The van der Waals surface area contributed by atoms with Gasteiger partial charge in [0.1, 0.15) is 13.2 Å². The average molecular weight is 318 g/mol. The van der Waals surface area contributed by atoms with Crippen molar-refractivity contribution in [1.82, 2.24) is 10.3 Å². The number of carbonyl (C=O) groups excluding carboxylic acids is 1. The molecule has 0 spiro atoms. The number of aromatic amines is 1. The molecule has 0 bridgehead atoms. The minimum atomic E-state index is -4.25. The number of halogens is 4. The Morgan fingerprint density at radius 2 is 2.09 bits per heavy atom. The maximum Gasteiger partial charge on any atom is 0.330 e. The van der Waals surface area contributed by atoms with E-state index in [1.807, 2.05) is 24.3 Å². The second-order valence-corrected chi connectivity index (χ2v) is 4.73. The Hall–Kier alpha value is -2.09. The molecule has 0 saturated heterocycles. The van der Waals surface area contributed by atoms with E-state index in [9.17, 15) is 22.4 Å². The first-order chi connectivity index (χ1) is 10.4. The van der Waals surface area contributed by atoms with Gasteiger partial charge in [0.25, 0.3) is 0 Å². The predicted molar refractivity (Wildman–Crippen MR) is 71.9 cm³/mol. The maximum atomic E-state index is 12.6. The number of benzene rings is 1. The molecule has 0 radical (unpaired) electrons. The van der Waals surface area contributed by atoms with Gasteiger partial charge in [0.05, 0.1) is 0 Å². The lowest BCUT2D eigenvalue weighted by atomic mass is 10.1. The van der Waals surface area contributed by atoms with Crippen molar-refractivity contribution < 1.29 is 27.1 Å². The molecule has 0 aliphatic carbocycles. The molecule has 0 aliphatic heterocycles. The third-order valence-corrected chi connectivity index (χ3v) is 2.96. The largest absolute Gasteiger partial charge is 0.365 e. The molecule has 1 aromatic heterocycles. The normalized spacial score (nSPS) is 12.0. The molecule has 0 fully saturated rings. The standard InChI is InChI=1S/C14H14F4N2O2/c15-13(16)14(17,18)8-22-7-12(21)20-6-9-1-2-10-3-4-19-11(10)5-9/h1-5,13,19H,6-8H2,(H,20,21). The average Bonchev–Trinajstić information content (AvgIpc) is 2.92. The van der Waals surface area contributed by atoms with Crippen LogP contribution in [0.5, 0.6) is 0 Å². The summed E-state index contributed by atoms with van der Waals surface area (Å²) in [5.74, 6) is -4.91. The summed E-state index contributed by atoms with van der Waals surface area (Å²) >= 11 is 0. The van der Waals surface area contributed by atoms with Gasteiger partial charge in [-0.25, -0.2) is 8.78 Å². The van der Waals surface area contributed by atoms with Gasteiger partial charge in [-0.15, -0.1) is 0 Å². The molecule has 2 aromatic rings. The van der Waals surface area contributed by atoms with Crippen LogP contribution < -0.4 is 5.32 Å². The van der Waals surface area contributed by atoms with Crippen molar-refractivity contribution in [3.8, 4) is 0 Å². The molecule has 4 nitrogen and oxygen atoms in total. The van der Waals surface area contributed by atoms with Crippen LogP contribution in [-0.4, -0.2) is 36.5 Å². The van der Waals surface area contributed by atoms with Crippen LogP contribution in [0.15, 0.2) is 30.5 Å². The lowest BCUT2D eigenvalue weighted by molar-refractivity contribution is -0.168. The molecule has 0 aliphatic rings. The Morgan fingerprint density at radius 3 is 2.82 bits per heavy atom. The number of fused-ring (bicyclic) bond motifs is 1. The highest BCUT2D eigenvalue weighted by Crippen LogP contribution is 2.22. The summed E-state index contributed by atoms with van der Waals surface area (Å²) in [4.78, 5) is 14.4. The summed E-state index contributed by atoms with van der Waals surface area (Å²) in [5.41, 5.74) is 1.71. The van der Waals surface area contributed by atoms with Crippen molar-refractivity contribution in [1.29, 1.82) is 0 Å². The Morgan fingerprint density at radius 1 is 1.32 bits per heavy atom. The molecule has 2 rings (SSSR count). The van der Waals surface area contributed by atoms with Crippen molar-refractivity contribution in [2.75, 3.05) is 13.2 Å². The van der Waals surface area contributed by atoms with Crippen LogP contribution in [0.25, 0.3) is 10.9 Å². The van der Waals surface area contributed by atoms with Gasteiger partial charge in [0, 0.05) is 18.3 Å². The van der Waals surface area contributed by atoms with E-state index in [1.165, 1.54) is 0 Å². The van der Waals surface area contributed by atoms with Crippen molar-refractivity contribution >= 4 is 16.8 Å². The summed E-state index contributed by atoms with van der Waals surface area (Å²) in [6.07, 6.45) is -2.03. The number of ether oxygens (including phenoxy) is 1. The third kappa shape index (κ3) is 4.20. The van der Waals surface area contributed by atoms with Crippen LogP contribution in [0, 0.1) is 0 Å².